The number of aromatic amines is 2. The van der Waals surface area contributed by atoms with Crippen molar-refractivity contribution in [2.24, 2.45) is 0 Å². The molecule has 0 radical (unpaired) electrons. The van der Waals surface area contributed by atoms with Crippen LogP contribution in [0.4, 0.5) is 5.95 Å². The summed E-state index contributed by atoms with van der Waals surface area (Å²) in [5, 5.41) is 23.2. The minimum Gasteiger partial charge on any atom is -0.480 e. The molecule has 0 bridgehead atoms. The molecule has 6 N–H and O–H groups in total. The predicted octanol–water partition coefficient (Wildman–Crippen LogP) is 1.49. The summed E-state index contributed by atoms with van der Waals surface area (Å²) in [5.41, 5.74) is 1.81. The number of H-pyrrole nitrogens is 2. The van der Waals surface area contributed by atoms with Crippen LogP contribution in [-0.2, 0) is 21.2 Å². The minimum absolute atomic E-state index is 0.0696. The largest absolute Gasteiger partial charge is 0.480 e. The van der Waals surface area contributed by atoms with E-state index < -0.39 is 34.5 Å². The molecule has 2 aromatic carbocycles. The maximum absolute atomic E-state index is 12.6. The maximum atomic E-state index is 12.6. The van der Waals surface area contributed by atoms with Crippen LogP contribution < -0.4 is 15.4 Å². The molecule has 13 heteroatoms. The number of carboxylic acid groups (broad SMARTS) is 1. The molecule has 2 aromatic heterocycles. The van der Waals surface area contributed by atoms with Crippen molar-refractivity contribution in [3.05, 3.63) is 72.2 Å². The molecule has 1 unspecified atom stereocenters. The van der Waals surface area contributed by atoms with Crippen LogP contribution in [0.1, 0.15) is 22.5 Å². The van der Waals surface area contributed by atoms with E-state index >= 15 is 0 Å². The van der Waals surface area contributed by atoms with Crippen molar-refractivity contribution in [3.8, 4) is 0 Å². The monoisotopic (exact) mass is 511 g/mol. The molecule has 0 saturated carbocycles. The van der Waals surface area contributed by atoms with E-state index in [1.807, 2.05) is 0 Å². The quantitative estimate of drug-likeness (QED) is 0.155. The third kappa shape index (κ3) is 6.06. The molecule has 188 valence electrons. The topological polar surface area (TPSA) is 182 Å². The molecule has 0 saturated heterocycles. The number of carbonyl (C=O) groups is 2. The van der Waals surface area contributed by atoms with Gasteiger partial charge in [-0.05, 0) is 37.1 Å². The Kier molecular flexibility index (Phi) is 7.61. The number of fused-ring (bicyclic) bond motifs is 1. The van der Waals surface area contributed by atoms with Crippen LogP contribution in [0.3, 0.4) is 0 Å². The lowest BCUT2D eigenvalue weighted by Gasteiger charge is -2.15. The fraction of sp³-hybridized carbons (Fsp3) is 0.217. The van der Waals surface area contributed by atoms with Crippen LogP contribution in [0, 0.1) is 0 Å². The van der Waals surface area contributed by atoms with Gasteiger partial charge in [0.15, 0.2) is 5.95 Å². The molecule has 36 heavy (non-hydrogen) atoms. The van der Waals surface area contributed by atoms with E-state index in [1.165, 1.54) is 24.3 Å². The van der Waals surface area contributed by atoms with Crippen molar-refractivity contribution in [2.75, 3.05) is 18.4 Å². The molecule has 0 aliphatic carbocycles. The number of sulfonamides is 1. The number of nitrogens with zero attached hydrogens (tertiary/aromatic N) is 2. The van der Waals surface area contributed by atoms with Crippen molar-refractivity contribution >= 4 is 38.8 Å². The number of rotatable bonds is 12. The molecule has 0 spiro atoms. The van der Waals surface area contributed by atoms with Crippen LogP contribution in [-0.4, -0.2) is 64.7 Å². The lowest BCUT2D eigenvalue weighted by Crippen LogP contribution is -2.48. The number of benzene rings is 2. The zero-order valence-electron chi connectivity index (χ0n) is 19.1. The molecule has 2 heterocycles. The second kappa shape index (κ2) is 11.0. The predicted molar refractivity (Wildman–Crippen MR) is 132 cm³/mol. The van der Waals surface area contributed by atoms with Crippen LogP contribution in [0.2, 0.25) is 0 Å². The molecule has 0 aliphatic heterocycles. The highest BCUT2D eigenvalue weighted by Gasteiger charge is 2.26. The average Bonchev–Trinajstić information content (AvgIpc) is 3.54. The smallest absolute Gasteiger partial charge is 0.323 e. The van der Waals surface area contributed by atoms with Gasteiger partial charge < -0.3 is 20.7 Å². The highest BCUT2D eigenvalue weighted by atomic mass is 32.2. The molecule has 4 aromatic rings. The molecule has 1 amide bonds. The van der Waals surface area contributed by atoms with Gasteiger partial charge in [-0.25, -0.2) is 13.4 Å². The second-order valence-corrected chi connectivity index (χ2v) is 9.65. The van der Waals surface area contributed by atoms with Gasteiger partial charge in [0, 0.05) is 36.4 Å². The first-order valence-electron chi connectivity index (χ1n) is 11.1. The Balaban J connectivity index is 1.34. The zero-order valence-corrected chi connectivity index (χ0v) is 19.9. The Morgan fingerprint density at radius 1 is 1.11 bits per heavy atom. The standard InChI is InChI=1S/C23H25N7O5S/c31-21(27-14-20(22(32)33)30-36(34,35)16-5-2-1-3-6-16)15-8-9-17-18(28-29-19(17)13-15)7-4-10-24-23-25-11-12-26-23/h1-3,5-6,8-9,11-13,20,30H,4,7,10,14H2,(H,27,31)(H,28,29)(H,32,33)(H2,24,25,26). The number of carbonyl (C=O) groups excluding carboxylic acids is 1. The molecule has 0 aliphatic rings. The van der Waals surface area contributed by atoms with Gasteiger partial charge >= 0.3 is 5.97 Å². The summed E-state index contributed by atoms with van der Waals surface area (Å²) in [6, 6.07) is 10.9. The second-order valence-electron chi connectivity index (χ2n) is 7.93. The summed E-state index contributed by atoms with van der Waals surface area (Å²) < 4.78 is 27.0. The number of hydrogen-bond acceptors (Lipinski definition) is 7. The van der Waals surface area contributed by atoms with E-state index in [0.29, 0.717) is 24.4 Å². The van der Waals surface area contributed by atoms with Crippen LogP contribution >= 0.6 is 0 Å². The Morgan fingerprint density at radius 3 is 2.64 bits per heavy atom. The molecule has 1 atom stereocenters. The summed E-state index contributed by atoms with van der Waals surface area (Å²) in [7, 11) is -4.07. The third-order valence-corrected chi connectivity index (χ3v) is 6.89. The van der Waals surface area contributed by atoms with Crippen molar-refractivity contribution in [2.45, 2.75) is 23.8 Å². The molecule has 4 rings (SSSR count). The fourth-order valence-electron chi connectivity index (χ4n) is 3.56. The van der Waals surface area contributed by atoms with Gasteiger partial charge in [-0.1, -0.05) is 24.3 Å². The first kappa shape index (κ1) is 24.9. The first-order chi connectivity index (χ1) is 17.3. The first-order valence-corrected chi connectivity index (χ1v) is 12.6. The Labute approximate surface area is 206 Å². The van der Waals surface area contributed by atoms with Crippen molar-refractivity contribution < 1.29 is 23.1 Å². The fourth-order valence-corrected chi connectivity index (χ4v) is 4.77. The van der Waals surface area contributed by atoms with Gasteiger partial charge in [0.2, 0.25) is 10.0 Å². The van der Waals surface area contributed by atoms with Crippen molar-refractivity contribution in [1.29, 1.82) is 0 Å². The number of carboxylic acids is 1. The van der Waals surface area contributed by atoms with E-state index in [-0.39, 0.29) is 10.5 Å². The lowest BCUT2D eigenvalue weighted by molar-refractivity contribution is -0.138. The Bertz CT molecular complexity index is 1440. The van der Waals surface area contributed by atoms with Gasteiger partial charge in [0.1, 0.15) is 6.04 Å². The summed E-state index contributed by atoms with van der Waals surface area (Å²) in [6.07, 6.45) is 4.93. The number of amides is 1. The molecule has 0 fully saturated rings. The van der Waals surface area contributed by atoms with Gasteiger partial charge in [-0.3, -0.25) is 14.7 Å². The van der Waals surface area contributed by atoms with E-state index in [9.17, 15) is 23.1 Å². The van der Waals surface area contributed by atoms with Gasteiger partial charge in [-0.2, -0.15) is 9.82 Å². The third-order valence-electron chi connectivity index (χ3n) is 5.40. The maximum Gasteiger partial charge on any atom is 0.323 e. The highest BCUT2D eigenvalue weighted by Crippen LogP contribution is 2.19. The van der Waals surface area contributed by atoms with E-state index in [4.69, 9.17) is 0 Å². The zero-order chi connectivity index (χ0) is 25.5. The molecular formula is C23H25N7O5S. The Morgan fingerprint density at radius 2 is 1.92 bits per heavy atom. The molecule has 12 nitrogen and oxygen atoms in total. The lowest BCUT2D eigenvalue weighted by atomic mass is 10.1. The highest BCUT2D eigenvalue weighted by molar-refractivity contribution is 7.89. The summed E-state index contributed by atoms with van der Waals surface area (Å²) in [6.45, 7) is 0.274. The number of aliphatic carboxylic acids is 1. The Hall–Kier alpha value is -4.23. The summed E-state index contributed by atoms with van der Waals surface area (Å²) >= 11 is 0. The van der Waals surface area contributed by atoms with Crippen molar-refractivity contribution in [3.63, 3.8) is 0 Å². The normalized spacial score (nSPS) is 12.3. The van der Waals surface area contributed by atoms with E-state index in [1.54, 1.807) is 36.7 Å². The number of aromatic nitrogens is 4. The number of aryl methyl sites for hydroxylation is 1. The number of nitrogens with one attached hydrogen (secondary N) is 5. The van der Waals surface area contributed by atoms with Crippen molar-refractivity contribution in [1.82, 2.24) is 30.2 Å². The van der Waals surface area contributed by atoms with E-state index in [2.05, 4.69) is 35.5 Å². The van der Waals surface area contributed by atoms with E-state index in [0.717, 1.165) is 17.5 Å². The SMILES string of the molecule is O=C(NCC(NS(=O)(=O)c1ccccc1)C(=O)O)c1ccc2c(CCCNc3ncc[nH]3)n[nH]c2c1. The van der Waals surface area contributed by atoms with Crippen LogP contribution in [0.15, 0.2) is 65.8 Å². The van der Waals surface area contributed by atoms with Gasteiger partial charge in [0.05, 0.1) is 16.1 Å². The molecular weight excluding hydrogens is 486 g/mol. The minimum atomic E-state index is -4.07. The van der Waals surface area contributed by atoms with Crippen LogP contribution in [0.5, 0.6) is 0 Å². The summed E-state index contributed by atoms with van der Waals surface area (Å²) in [5.74, 6) is -1.25. The number of imidazole rings is 1. The van der Waals surface area contributed by atoms with Gasteiger partial charge in [-0.15, -0.1) is 0 Å². The summed E-state index contributed by atoms with van der Waals surface area (Å²) in [4.78, 5) is 31.3. The number of anilines is 1. The van der Waals surface area contributed by atoms with Crippen LogP contribution in [0.25, 0.3) is 10.9 Å². The number of hydrogen-bond donors (Lipinski definition) is 6. The van der Waals surface area contributed by atoms with Gasteiger partial charge in [0.25, 0.3) is 5.91 Å². The average molecular weight is 512 g/mol.